The number of benzene rings is 1. The number of imide groups is 1. The highest BCUT2D eigenvalue weighted by atomic mass is 16.5. The molecule has 4 aliphatic rings. The van der Waals surface area contributed by atoms with Crippen molar-refractivity contribution in [2.75, 3.05) is 75.8 Å². The molecule has 1 unspecified atom stereocenters. The van der Waals surface area contributed by atoms with Gasteiger partial charge < -0.3 is 35.0 Å². The second-order valence-electron chi connectivity index (χ2n) is 15.8. The summed E-state index contributed by atoms with van der Waals surface area (Å²) in [5.74, 6) is 0.0564. The lowest BCUT2D eigenvalue weighted by Gasteiger charge is -2.35. The van der Waals surface area contributed by atoms with Gasteiger partial charge in [-0.1, -0.05) is 25.0 Å². The summed E-state index contributed by atoms with van der Waals surface area (Å²) >= 11 is 0. The summed E-state index contributed by atoms with van der Waals surface area (Å²) in [6, 6.07) is 12.0. The van der Waals surface area contributed by atoms with Crippen LogP contribution in [0.2, 0.25) is 0 Å². The zero-order valence-electron chi connectivity index (χ0n) is 34.4. The molecular formula is C44H54N10O7. The van der Waals surface area contributed by atoms with Gasteiger partial charge in [-0.05, 0) is 73.6 Å². The Morgan fingerprint density at radius 2 is 1.70 bits per heavy atom. The summed E-state index contributed by atoms with van der Waals surface area (Å²) in [5, 5.41) is 17.2. The number of hydrogen-bond acceptors (Lipinski definition) is 12. The van der Waals surface area contributed by atoms with Crippen LogP contribution in [0, 0.1) is 5.92 Å². The molecule has 6 amide bonds. The van der Waals surface area contributed by atoms with E-state index >= 15 is 0 Å². The quantitative estimate of drug-likeness (QED) is 0.102. The van der Waals surface area contributed by atoms with Crippen LogP contribution in [0.15, 0.2) is 60.9 Å². The van der Waals surface area contributed by atoms with Gasteiger partial charge in [0.15, 0.2) is 11.5 Å². The van der Waals surface area contributed by atoms with Crippen LogP contribution >= 0.6 is 0 Å². The Labute approximate surface area is 355 Å². The molecule has 17 nitrogen and oxygen atoms in total. The molecule has 4 aliphatic heterocycles. The Morgan fingerprint density at radius 3 is 2.46 bits per heavy atom. The molecule has 0 radical (unpaired) electrons. The highest BCUT2D eigenvalue weighted by molar-refractivity contribution is 6.06. The van der Waals surface area contributed by atoms with Gasteiger partial charge in [-0.25, -0.2) is 0 Å². The van der Waals surface area contributed by atoms with E-state index in [-0.39, 0.29) is 55.5 Å². The van der Waals surface area contributed by atoms with E-state index in [2.05, 4.69) is 36.0 Å². The largest absolute Gasteiger partial charge is 0.382 e. The number of unbranched alkanes of at least 4 members (excludes halogenated alkanes) is 1. The summed E-state index contributed by atoms with van der Waals surface area (Å²) in [6.07, 6.45) is 12.4. The molecule has 0 saturated carbocycles. The van der Waals surface area contributed by atoms with E-state index in [9.17, 15) is 28.8 Å². The zero-order chi connectivity index (χ0) is 42.6. The summed E-state index contributed by atoms with van der Waals surface area (Å²) in [4.78, 5) is 86.6. The number of nitrogens with one attached hydrogen (secondary N) is 3. The Morgan fingerprint density at radius 1 is 0.869 bits per heavy atom. The van der Waals surface area contributed by atoms with Crippen molar-refractivity contribution in [3.05, 3.63) is 83.3 Å². The Kier molecular flexibility index (Phi) is 14.6. The number of likely N-dealkylation sites (tertiary alicyclic amines) is 1. The number of amides is 6. The maximum Gasteiger partial charge on any atom is 0.274 e. The number of piperidine rings is 2. The molecule has 7 rings (SSSR count). The molecule has 1 aromatic carbocycles. The average molecular weight is 835 g/mol. The van der Waals surface area contributed by atoms with Crippen LogP contribution in [-0.4, -0.2) is 137 Å². The molecule has 2 aromatic heterocycles. The zero-order valence-corrected chi connectivity index (χ0v) is 34.4. The van der Waals surface area contributed by atoms with E-state index in [0.29, 0.717) is 88.4 Å². The number of anilines is 2. The summed E-state index contributed by atoms with van der Waals surface area (Å²) in [5.41, 5.74) is 3.35. The summed E-state index contributed by atoms with van der Waals surface area (Å²) in [6.45, 7) is 5.71. The molecule has 6 heterocycles. The lowest BCUT2D eigenvalue weighted by molar-refractivity contribution is -0.137. The van der Waals surface area contributed by atoms with Crippen LogP contribution in [-0.2, 0) is 30.5 Å². The van der Waals surface area contributed by atoms with Crippen LogP contribution in [0.5, 0.6) is 0 Å². The van der Waals surface area contributed by atoms with Crippen LogP contribution in [0.3, 0.4) is 0 Å². The van der Waals surface area contributed by atoms with Crippen molar-refractivity contribution in [2.45, 2.75) is 64.0 Å². The molecule has 3 saturated heterocycles. The normalized spacial score (nSPS) is 18.4. The van der Waals surface area contributed by atoms with Crippen molar-refractivity contribution in [3.8, 4) is 0 Å². The van der Waals surface area contributed by atoms with Crippen LogP contribution in [0.4, 0.5) is 11.5 Å². The molecule has 0 spiro atoms. The van der Waals surface area contributed by atoms with Crippen LogP contribution in [0.1, 0.15) is 83.3 Å². The minimum absolute atomic E-state index is 0.0194. The molecule has 322 valence electrons. The molecule has 1 atom stereocenters. The predicted molar refractivity (Wildman–Crippen MR) is 226 cm³/mol. The molecule has 61 heavy (non-hydrogen) atoms. The third-order valence-electron chi connectivity index (χ3n) is 11.8. The van der Waals surface area contributed by atoms with Gasteiger partial charge in [0.1, 0.15) is 6.04 Å². The molecule has 3 aromatic rings. The van der Waals surface area contributed by atoms with Gasteiger partial charge in [0, 0.05) is 101 Å². The maximum absolute atomic E-state index is 13.2. The number of hydrogen-bond donors (Lipinski definition) is 3. The molecule has 3 N–H and O–H groups in total. The lowest BCUT2D eigenvalue weighted by Crippen LogP contribution is -2.52. The fraction of sp³-hybridized carbons (Fsp3) is 0.477. The molecule has 0 aliphatic carbocycles. The van der Waals surface area contributed by atoms with Gasteiger partial charge >= 0.3 is 0 Å². The average Bonchev–Trinajstić information content (AvgIpc) is 3.63. The lowest BCUT2D eigenvalue weighted by atomic mass is 9.91. The van der Waals surface area contributed by atoms with Crippen molar-refractivity contribution in [3.63, 3.8) is 0 Å². The van der Waals surface area contributed by atoms with E-state index < -0.39 is 11.9 Å². The van der Waals surface area contributed by atoms with Gasteiger partial charge in [-0.15, -0.1) is 10.2 Å². The van der Waals surface area contributed by atoms with E-state index in [0.717, 1.165) is 48.9 Å². The van der Waals surface area contributed by atoms with Crippen molar-refractivity contribution in [2.24, 2.45) is 5.92 Å². The second-order valence-corrected chi connectivity index (χ2v) is 15.8. The van der Waals surface area contributed by atoms with Gasteiger partial charge in [-0.3, -0.25) is 39.1 Å². The SMILES string of the molecule is O=C(/C=C/c1cccnc1)NCCCCC1CCN(C(=O)c2ccc(N3CCN(C(=O)CCOCCNc4cccc5c4CN(C4CCC(=O)NC4=O)C5=O)CC3)nn2)CC1. The number of fused-ring (bicyclic) bond motifs is 1. The number of carbonyl (C=O) groups excluding carboxylic acids is 6. The highest BCUT2D eigenvalue weighted by Gasteiger charge is 2.40. The first-order chi connectivity index (χ1) is 29.7. The monoisotopic (exact) mass is 834 g/mol. The number of pyridine rings is 1. The maximum atomic E-state index is 13.2. The molecule has 3 fully saturated rings. The smallest absolute Gasteiger partial charge is 0.274 e. The number of aromatic nitrogens is 3. The third kappa shape index (κ3) is 11.3. The van der Waals surface area contributed by atoms with Crippen LogP contribution in [0.25, 0.3) is 6.08 Å². The Bertz CT molecular complexity index is 2070. The van der Waals surface area contributed by atoms with E-state index in [4.69, 9.17) is 4.74 Å². The van der Waals surface area contributed by atoms with E-state index in [1.54, 1.807) is 36.7 Å². The number of nitrogens with zero attached hydrogens (tertiary/aromatic N) is 7. The third-order valence-corrected chi connectivity index (χ3v) is 11.8. The Hall–Kier alpha value is -6.23. The first-order valence-electron chi connectivity index (χ1n) is 21.3. The second kappa shape index (κ2) is 20.8. The topological polar surface area (TPSA) is 199 Å². The molecular weight excluding hydrogens is 781 g/mol. The van der Waals surface area contributed by atoms with Gasteiger partial charge in [0.2, 0.25) is 23.6 Å². The minimum atomic E-state index is -0.670. The summed E-state index contributed by atoms with van der Waals surface area (Å²) in [7, 11) is 0. The van der Waals surface area contributed by atoms with E-state index in [1.807, 2.05) is 34.1 Å². The highest BCUT2D eigenvalue weighted by Crippen LogP contribution is 2.32. The first kappa shape index (κ1) is 42.9. The standard InChI is InChI=1S/C44H54N10O7/c55-39(13-9-32-6-4-18-45-29-32)47-19-2-1-5-31-15-21-53(22-16-31)44(60)36-10-12-38(50-49-36)51-23-25-52(26-24-51)41(57)17-27-61-28-20-46-35-8-3-7-33-34(35)30-54(43(33)59)37-11-14-40(56)48-42(37)58/h3-4,6-10,12-13,18,29,31,37,46H,1-2,5,11,14-17,19-28,30H2,(H,47,55)(H,48,56,58)/b13-9+. The minimum Gasteiger partial charge on any atom is -0.382 e. The number of rotatable bonds is 17. The summed E-state index contributed by atoms with van der Waals surface area (Å²) < 4.78 is 5.77. The van der Waals surface area contributed by atoms with Crippen molar-refractivity contribution in [1.29, 1.82) is 0 Å². The number of ether oxygens (including phenoxy) is 1. The number of carbonyl (C=O) groups is 6. The van der Waals surface area contributed by atoms with Crippen molar-refractivity contribution >= 4 is 53.0 Å². The fourth-order valence-corrected chi connectivity index (χ4v) is 8.28. The molecule has 0 bridgehead atoms. The first-order valence-corrected chi connectivity index (χ1v) is 21.3. The molecule has 17 heteroatoms. The van der Waals surface area contributed by atoms with E-state index in [1.165, 1.54) is 11.0 Å². The number of piperazine rings is 1. The fourth-order valence-electron chi connectivity index (χ4n) is 8.28. The van der Waals surface area contributed by atoms with Crippen LogP contribution < -0.4 is 20.9 Å². The van der Waals surface area contributed by atoms with Gasteiger partial charge in [-0.2, -0.15) is 0 Å². The van der Waals surface area contributed by atoms with Crippen molar-refractivity contribution in [1.82, 2.24) is 40.5 Å². The van der Waals surface area contributed by atoms with Gasteiger partial charge in [0.05, 0.1) is 19.6 Å². The Balaban J connectivity index is 0.739. The van der Waals surface area contributed by atoms with Crippen molar-refractivity contribution < 1.29 is 33.5 Å². The predicted octanol–water partition coefficient (Wildman–Crippen LogP) is 2.65. The van der Waals surface area contributed by atoms with Gasteiger partial charge in [0.25, 0.3) is 11.8 Å².